The van der Waals surface area contributed by atoms with Gasteiger partial charge in [-0.3, -0.25) is 4.90 Å². The highest BCUT2D eigenvalue weighted by Gasteiger charge is 2.37. The highest BCUT2D eigenvalue weighted by atomic mass is 35.5. The normalized spacial score (nSPS) is 16.5. The molecule has 0 bridgehead atoms. The van der Waals surface area contributed by atoms with Gasteiger partial charge in [-0.2, -0.15) is 4.98 Å². The van der Waals surface area contributed by atoms with Gasteiger partial charge in [0.2, 0.25) is 5.88 Å². The van der Waals surface area contributed by atoms with E-state index in [0.717, 1.165) is 6.07 Å². The van der Waals surface area contributed by atoms with Gasteiger partial charge < -0.3 is 14.6 Å². The Hall–Kier alpha value is -2.03. The fourth-order valence-electron chi connectivity index (χ4n) is 3.19. The molecular formula is C18H22ClF2N3O3. The Balaban J connectivity index is 0.00000261. The van der Waals surface area contributed by atoms with E-state index in [4.69, 9.17) is 9.47 Å². The number of aromatic nitrogens is 2. The largest absolute Gasteiger partial charge is 0.481 e. The summed E-state index contributed by atoms with van der Waals surface area (Å²) in [5.41, 5.74) is -0.340. The van der Waals surface area contributed by atoms with Gasteiger partial charge in [0.05, 0.1) is 25.4 Å². The molecule has 0 aliphatic carbocycles. The van der Waals surface area contributed by atoms with Crippen LogP contribution in [0.25, 0.3) is 0 Å². The van der Waals surface area contributed by atoms with Gasteiger partial charge in [-0.25, -0.2) is 13.8 Å². The van der Waals surface area contributed by atoms with Crippen LogP contribution in [0.15, 0.2) is 24.4 Å². The third-order valence-electron chi connectivity index (χ3n) is 4.72. The number of nitrogens with zero attached hydrogens (tertiary/aromatic N) is 3. The first-order valence-electron chi connectivity index (χ1n) is 8.30. The van der Waals surface area contributed by atoms with Crippen molar-refractivity contribution in [1.29, 1.82) is 0 Å². The molecule has 2 aromatic rings. The monoisotopic (exact) mass is 401 g/mol. The van der Waals surface area contributed by atoms with Crippen LogP contribution in [0.2, 0.25) is 0 Å². The van der Waals surface area contributed by atoms with E-state index in [-0.39, 0.29) is 30.8 Å². The Morgan fingerprint density at radius 3 is 2.52 bits per heavy atom. The van der Waals surface area contributed by atoms with Gasteiger partial charge in [0.15, 0.2) is 11.6 Å². The Kier molecular flexibility index (Phi) is 6.91. The van der Waals surface area contributed by atoms with Crippen LogP contribution in [0.4, 0.5) is 8.78 Å². The van der Waals surface area contributed by atoms with Crippen LogP contribution in [0.5, 0.6) is 11.9 Å². The summed E-state index contributed by atoms with van der Waals surface area (Å²) in [6.45, 7) is 1.32. The minimum atomic E-state index is -1.14. The van der Waals surface area contributed by atoms with Crippen LogP contribution in [0.1, 0.15) is 24.0 Å². The predicted octanol–water partition coefficient (Wildman–Crippen LogP) is 2.68. The van der Waals surface area contributed by atoms with Gasteiger partial charge in [0.25, 0.3) is 0 Å². The van der Waals surface area contributed by atoms with E-state index in [2.05, 4.69) is 9.97 Å². The highest BCUT2D eigenvalue weighted by molar-refractivity contribution is 5.85. The number of likely N-dealkylation sites (tertiary alicyclic amines) is 1. The number of piperidine rings is 1. The number of hydrogen-bond donors (Lipinski definition) is 1. The number of benzene rings is 1. The predicted molar refractivity (Wildman–Crippen MR) is 97.1 cm³/mol. The standard InChI is InChI=1S/C18H21F2N3O3.ClH/c1-25-16-13(10-21-17(22-16)26-2)18(24)6-8-23(9-7-18)11-12-4-3-5-14(19)15(12)20;/h3-5,10,24H,6-9,11H2,1-2H3;1H. The summed E-state index contributed by atoms with van der Waals surface area (Å²) in [5.74, 6) is -1.40. The zero-order chi connectivity index (χ0) is 18.7. The van der Waals surface area contributed by atoms with Crippen LogP contribution < -0.4 is 9.47 Å². The summed E-state index contributed by atoms with van der Waals surface area (Å²) in [6.07, 6.45) is 2.30. The van der Waals surface area contributed by atoms with Crippen molar-refractivity contribution in [2.75, 3.05) is 27.3 Å². The molecule has 3 rings (SSSR count). The maximum Gasteiger partial charge on any atom is 0.319 e. The molecular weight excluding hydrogens is 380 g/mol. The zero-order valence-corrected chi connectivity index (χ0v) is 15.9. The molecule has 1 aromatic heterocycles. The molecule has 2 heterocycles. The van der Waals surface area contributed by atoms with Gasteiger partial charge in [0.1, 0.15) is 0 Å². The van der Waals surface area contributed by atoms with Crippen LogP contribution in [-0.4, -0.2) is 47.3 Å². The lowest BCUT2D eigenvalue weighted by Gasteiger charge is -2.38. The summed E-state index contributed by atoms with van der Waals surface area (Å²) in [7, 11) is 2.92. The quantitative estimate of drug-likeness (QED) is 0.830. The first kappa shape index (κ1) is 21.3. The number of methoxy groups -OCH3 is 2. The number of halogens is 3. The fraction of sp³-hybridized carbons (Fsp3) is 0.444. The Labute approximate surface area is 162 Å². The number of hydrogen-bond acceptors (Lipinski definition) is 6. The molecule has 1 aliphatic heterocycles. The molecule has 1 aromatic carbocycles. The first-order valence-corrected chi connectivity index (χ1v) is 8.30. The molecule has 1 fully saturated rings. The van der Waals surface area contributed by atoms with E-state index < -0.39 is 17.2 Å². The number of ether oxygens (including phenoxy) is 2. The third-order valence-corrected chi connectivity index (χ3v) is 4.72. The lowest BCUT2D eigenvalue weighted by Crippen LogP contribution is -2.42. The lowest BCUT2D eigenvalue weighted by molar-refractivity contribution is -0.0302. The second-order valence-corrected chi connectivity index (χ2v) is 6.30. The van der Waals surface area contributed by atoms with Crippen molar-refractivity contribution in [2.45, 2.75) is 25.0 Å². The summed E-state index contributed by atoms with van der Waals surface area (Å²) in [5, 5.41) is 11.0. The summed E-state index contributed by atoms with van der Waals surface area (Å²) < 4.78 is 37.4. The van der Waals surface area contributed by atoms with Crippen molar-refractivity contribution < 1.29 is 23.4 Å². The van der Waals surface area contributed by atoms with Crippen molar-refractivity contribution in [3.05, 3.63) is 47.2 Å². The molecule has 1 N–H and O–H groups in total. The van der Waals surface area contributed by atoms with E-state index in [1.54, 1.807) is 6.07 Å². The van der Waals surface area contributed by atoms with Crippen LogP contribution >= 0.6 is 12.4 Å². The third kappa shape index (κ3) is 4.45. The second kappa shape index (κ2) is 8.77. The van der Waals surface area contributed by atoms with E-state index in [0.29, 0.717) is 37.1 Å². The van der Waals surface area contributed by atoms with Gasteiger partial charge in [-0.05, 0) is 18.9 Å². The van der Waals surface area contributed by atoms with Gasteiger partial charge >= 0.3 is 6.01 Å². The molecule has 0 spiro atoms. The first-order chi connectivity index (χ1) is 12.5. The molecule has 0 atom stereocenters. The van der Waals surface area contributed by atoms with Gasteiger partial charge in [-0.1, -0.05) is 12.1 Å². The molecule has 6 nitrogen and oxygen atoms in total. The van der Waals surface area contributed by atoms with Gasteiger partial charge in [-0.15, -0.1) is 12.4 Å². The van der Waals surface area contributed by atoms with Crippen molar-refractivity contribution in [2.24, 2.45) is 0 Å². The summed E-state index contributed by atoms with van der Waals surface area (Å²) in [4.78, 5) is 10.1. The molecule has 0 radical (unpaired) electrons. The maximum absolute atomic E-state index is 13.8. The van der Waals surface area contributed by atoms with Crippen molar-refractivity contribution in [3.63, 3.8) is 0 Å². The molecule has 9 heteroatoms. The SMILES string of the molecule is COc1ncc(C2(O)CCN(Cc3cccc(F)c3F)CC2)c(OC)n1.Cl. The minimum absolute atomic E-state index is 0. The second-order valence-electron chi connectivity index (χ2n) is 6.30. The molecule has 27 heavy (non-hydrogen) atoms. The van der Waals surface area contributed by atoms with Crippen molar-refractivity contribution in [1.82, 2.24) is 14.9 Å². The topological polar surface area (TPSA) is 67.7 Å². The molecule has 0 saturated carbocycles. The Bertz CT molecular complexity index is 786. The maximum atomic E-state index is 13.8. The molecule has 1 aliphatic rings. The van der Waals surface area contributed by atoms with E-state index in [9.17, 15) is 13.9 Å². The van der Waals surface area contributed by atoms with Crippen LogP contribution in [0, 0.1) is 11.6 Å². The smallest absolute Gasteiger partial charge is 0.319 e. The Morgan fingerprint density at radius 1 is 1.19 bits per heavy atom. The highest BCUT2D eigenvalue weighted by Crippen LogP contribution is 2.37. The lowest BCUT2D eigenvalue weighted by atomic mass is 9.85. The summed E-state index contributed by atoms with van der Waals surface area (Å²) in [6, 6.07) is 4.32. The van der Waals surface area contributed by atoms with Crippen molar-refractivity contribution in [3.8, 4) is 11.9 Å². The zero-order valence-electron chi connectivity index (χ0n) is 15.1. The van der Waals surface area contributed by atoms with E-state index >= 15 is 0 Å². The fourth-order valence-corrected chi connectivity index (χ4v) is 3.19. The van der Waals surface area contributed by atoms with Crippen LogP contribution in [-0.2, 0) is 12.1 Å². The average molecular weight is 402 g/mol. The molecule has 148 valence electrons. The van der Waals surface area contributed by atoms with E-state index in [1.807, 2.05) is 4.90 Å². The van der Waals surface area contributed by atoms with E-state index in [1.165, 1.54) is 26.5 Å². The average Bonchev–Trinajstić information content (AvgIpc) is 2.66. The number of aliphatic hydroxyl groups is 1. The molecule has 0 amide bonds. The van der Waals surface area contributed by atoms with Crippen LogP contribution in [0.3, 0.4) is 0 Å². The summed E-state index contributed by atoms with van der Waals surface area (Å²) >= 11 is 0. The minimum Gasteiger partial charge on any atom is -0.481 e. The van der Waals surface area contributed by atoms with Crippen molar-refractivity contribution >= 4 is 12.4 Å². The molecule has 1 saturated heterocycles. The number of rotatable bonds is 5. The Morgan fingerprint density at radius 2 is 1.89 bits per heavy atom. The molecule has 0 unspecified atom stereocenters. The van der Waals surface area contributed by atoms with Gasteiger partial charge in [0, 0.05) is 31.4 Å².